The second-order valence-electron chi connectivity index (χ2n) is 4.05. The van der Waals surface area contributed by atoms with E-state index in [0.29, 0.717) is 5.69 Å². The fourth-order valence-electron chi connectivity index (χ4n) is 1.59. The number of H-pyrrole nitrogens is 1. The first-order chi connectivity index (χ1) is 8.94. The minimum absolute atomic E-state index is 0.0781. The molecule has 0 aliphatic rings. The Balaban J connectivity index is 2.22. The van der Waals surface area contributed by atoms with Gasteiger partial charge in [-0.05, 0) is 13.0 Å². The van der Waals surface area contributed by atoms with Gasteiger partial charge in [-0.25, -0.2) is 13.1 Å². The van der Waals surface area contributed by atoms with E-state index in [1.54, 1.807) is 18.5 Å². The van der Waals surface area contributed by atoms with Crippen LogP contribution in [0, 0.1) is 0 Å². The van der Waals surface area contributed by atoms with E-state index in [2.05, 4.69) is 25.3 Å². The number of aliphatic hydroxyl groups excluding tert-OH is 1. The Morgan fingerprint density at radius 3 is 2.84 bits per heavy atom. The summed E-state index contributed by atoms with van der Waals surface area (Å²) >= 11 is 0. The monoisotopic (exact) mass is 286 g/mol. The number of nitrogens with zero attached hydrogens (tertiary/aromatic N) is 4. The van der Waals surface area contributed by atoms with Crippen LogP contribution in [-0.4, -0.2) is 38.7 Å². The van der Waals surface area contributed by atoms with Crippen molar-refractivity contribution in [2.75, 3.05) is 0 Å². The van der Waals surface area contributed by atoms with Gasteiger partial charge in [0.2, 0.25) is 10.0 Å². The van der Waals surface area contributed by atoms with Crippen LogP contribution in [0.2, 0.25) is 0 Å². The molecule has 2 heterocycles. The predicted molar refractivity (Wildman–Crippen MR) is 64.3 cm³/mol. The summed E-state index contributed by atoms with van der Waals surface area (Å²) < 4.78 is 28.2. The Morgan fingerprint density at radius 2 is 2.32 bits per heavy atom. The van der Waals surface area contributed by atoms with Gasteiger partial charge >= 0.3 is 0 Å². The van der Waals surface area contributed by atoms with Gasteiger partial charge in [-0.3, -0.25) is 0 Å². The minimum Gasteiger partial charge on any atom is -0.390 e. The third-order valence-electron chi connectivity index (χ3n) is 2.64. The Morgan fingerprint density at radius 1 is 1.58 bits per heavy atom. The van der Waals surface area contributed by atoms with E-state index in [9.17, 15) is 8.42 Å². The first-order valence-electron chi connectivity index (χ1n) is 5.46. The molecule has 0 amide bonds. The standard InChI is InChI=1S/C9H14N6O3S/c1-6(9-10-13-14-11-9)12-19(17,18)8-3-7(5-16)15(2)4-8/h3-4,6,12,16H,5H2,1-2H3,(H,10,11,13,14). The number of hydrogen-bond donors (Lipinski definition) is 3. The molecule has 9 nitrogen and oxygen atoms in total. The molecule has 2 rings (SSSR count). The Hall–Kier alpha value is -1.78. The normalized spacial score (nSPS) is 13.6. The van der Waals surface area contributed by atoms with Crippen molar-refractivity contribution in [3.05, 3.63) is 23.8 Å². The lowest BCUT2D eigenvalue weighted by molar-refractivity contribution is 0.272. The lowest BCUT2D eigenvalue weighted by Gasteiger charge is -2.09. The van der Waals surface area contributed by atoms with Crippen molar-refractivity contribution in [3.8, 4) is 0 Å². The van der Waals surface area contributed by atoms with Gasteiger partial charge < -0.3 is 9.67 Å². The van der Waals surface area contributed by atoms with Crippen LogP contribution in [0.3, 0.4) is 0 Å². The lowest BCUT2D eigenvalue weighted by atomic mass is 10.4. The molecular weight excluding hydrogens is 272 g/mol. The molecule has 10 heteroatoms. The highest BCUT2D eigenvalue weighted by molar-refractivity contribution is 7.89. The van der Waals surface area contributed by atoms with Crippen molar-refractivity contribution in [3.63, 3.8) is 0 Å². The van der Waals surface area contributed by atoms with Gasteiger partial charge in [0.1, 0.15) is 0 Å². The zero-order chi connectivity index (χ0) is 14.0. The summed E-state index contributed by atoms with van der Waals surface area (Å²) in [6, 6.07) is 0.798. The molecule has 0 aliphatic heterocycles. The lowest BCUT2D eigenvalue weighted by Crippen LogP contribution is -2.27. The smallest absolute Gasteiger partial charge is 0.242 e. The van der Waals surface area contributed by atoms with Crippen molar-refractivity contribution in [1.82, 2.24) is 29.9 Å². The summed E-state index contributed by atoms with van der Waals surface area (Å²) in [5, 5.41) is 22.1. The van der Waals surface area contributed by atoms with Crippen LogP contribution in [0.1, 0.15) is 24.5 Å². The molecule has 1 unspecified atom stereocenters. The second kappa shape index (κ2) is 5.07. The number of hydrogen-bond acceptors (Lipinski definition) is 6. The summed E-state index contributed by atoms with van der Waals surface area (Å²) in [7, 11) is -2.04. The molecule has 0 saturated heterocycles. The molecular formula is C9H14N6O3S. The molecule has 2 aromatic rings. The number of aromatic nitrogens is 5. The predicted octanol–water partition coefficient (Wildman–Crippen LogP) is -0.930. The summed E-state index contributed by atoms with van der Waals surface area (Å²) in [5.74, 6) is 0.252. The fraction of sp³-hybridized carbons (Fsp3) is 0.444. The van der Waals surface area contributed by atoms with Crippen molar-refractivity contribution in [2.24, 2.45) is 7.05 Å². The number of aromatic amines is 1. The topological polar surface area (TPSA) is 126 Å². The molecule has 2 aromatic heterocycles. The molecule has 3 N–H and O–H groups in total. The molecule has 0 fully saturated rings. The third kappa shape index (κ3) is 2.80. The second-order valence-corrected chi connectivity index (χ2v) is 5.76. The van der Waals surface area contributed by atoms with Gasteiger partial charge in [-0.2, -0.15) is 5.21 Å². The average Bonchev–Trinajstić information content (AvgIpc) is 2.96. The zero-order valence-corrected chi connectivity index (χ0v) is 11.2. The summed E-state index contributed by atoms with van der Waals surface area (Å²) in [5.41, 5.74) is 0.507. The molecule has 104 valence electrons. The van der Waals surface area contributed by atoms with Gasteiger partial charge in [0, 0.05) is 18.9 Å². The van der Waals surface area contributed by atoms with Crippen molar-refractivity contribution in [1.29, 1.82) is 0 Å². The van der Waals surface area contributed by atoms with Crippen LogP contribution >= 0.6 is 0 Å². The molecule has 0 aliphatic carbocycles. The average molecular weight is 286 g/mol. The van der Waals surface area contributed by atoms with Crippen molar-refractivity contribution < 1.29 is 13.5 Å². The Bertz CT molecular complexity index is 648. The van der Waals surface area contributed by atoms with Crippen molar-refractivity contribution in [2.45, 2.75) is 24.5 Å². The van der Waals surface area contributed by atoms with E-state index in [1.165, 1.54) is 12.3 Å². The van der Waals surface area contributed by atoms with Crippen LogP contribution in [0.5, 0.6) is 0 Å². The van der Waals surface area contributed by atoms with E-state index in [-0.39, 0.29) is 17.3 Å². The summed E-state index contributed by atoms with van der Waals surface area (Å²) in [4.78, 5) is 0.0781. The first kappa shape index (κ1) is 13.6. The third-order valence-corrected chi connectivity index (χ3v) is 4.14. The molecule has 0 aromatic carbocycles. The Kier molecular flexibility index (Phi) is 3.64. The summed E-state index contributed by atoms with van der Waals surface area (Å²) in [6.45, 7) is 1.38. The zero-order valence-electron chi connectivity index (χ0n) is 10.4. The fourth-order valence-corrected chi connectivity index (χ4v) is 2.88. The number of aryl methyl sites for hydroxylation is 1. The van der Waals surface area contributed by atoms with E-state index >= 15 is 0 Å². The summed E-state index contributed by atoms with van der Waals surface area (Å²) in [6.07, 6.45) is 1.43. The number of rotatable bonds is 5. The molecule has 19 heavy (non-hydrogen) atoms. The van der Waals surface area contributed by atoms with Crippen LogP contribution in [0.25, 0.3) is 0 Å². The maximum Gasteiger partial charge on any atom is 0.242 e. The van der Waals surface area contributed by atoms with E-state index in [4.69, 9.17) is 5.11 Å². The van der Waals surface area contributed by atoms with Gasteiger partial charge in [-0.15, -0.1) is 10.2 Å². The molecule has 0 bridgehead atoms. The quantitative estimate of drug-likeness (QED) is 0.652. The largest absolute Gasteiger partial charge is 0.390 e. The van der Waals surface area contributed by atoms with E-state index < -0.39 is 16.1 Å². The number of tetrazole rings is 1. The van der Waals surface area contributed by atoms with Crippen molar-refractivity contribution >= 4 is 10.0 Å². The van der Waals surface area contributed by atoms with E-state index in [1.807, 2.05) is 0 Å². The minimum atomic E-state index is -3.70. The molecule has 0 spiro atoms. The van der Waals surface area contributed by atoms with Crippen LogP contribution in [-0.2, 0) is 23.7 Å². The van der Waals surface area contributed by atoms with E-state index in [0.717, 1.165) is 0 Å². The Labute approximate surface area is 109 Å². The number of sulfonamides is 1. The molecule has 0 saturated carbocycles. The maximum absolute atomic E-state index is 12.1. The highest BCUT2D eigenvalue weighted by Gasteiger charge is 2.22. The van der Waals surface area contributed by atoms with Gasteiger partial charge in [-0.1, -0.05) is 5.21 Å². The van der Waals surface area contributed by atoms with Crippen LogP contribution < -0.4 is 4.72 Å². The van der Waals surface area contributed by atoms with Crippen LogP contribution in [0.15, 0.2) is 17.2 Å². The first-order valence-corrected chi connectivity index (χ1v) is 6.94. The van der Waals surface area contributed by atoms with Gasteiger partial charge in [0.15, 0.2) is 5.82 Å². The number of aliphatic hydroxyl groups is 1. The maximum atomic E-state index is 12.1. The highest BCUT2D eigenvalue weighted by atomic mass is 32.2. The molecule has 0 radical (unpaired) electrons. The van der Waals surface area contributed by atoms with Gasteiger partial charge in [0.05, 0.1) is 17.5 Å². The highest BCUT2D eigenvalue weighted by Crippen LogP contribution is 2.16. The number of nitrogens with one attached hydrogen (secondary N) is 2. The SMILES string of the molecule is CC(NS(=O)(=O)c1cc(CO)n(C)c1)c1nn[nH]n1. The van der Waals surface area contributed by atoms with Crippen LogP contribution in [0.4, 0.5) is 0 Å². The van der Waals surface area contributed by atoms with Gasteiger partial charge in [0.25, 0.3) is 0 Å². The molecule has 1 atom stereocenters.